The first-order valence-electron chi connectivity index (χ1n) is 6.78. The predicted molar refractivity (Wildman–Crippen MR) is 82.8 cm³/mol. The van der Waals surface area contributed by atoms with Crippen LogP contribution in [0.4, 0.5) is 5.69 Å². The van der Waals surface area contributed by atoms with Crippen molar-refractivity contribution in [1.82, 2.24) is 10.3 Å². The largest absolute Gasteiger partial charge is 0.496 e. The molecule has 0 spiro atoms. The fourth-order valence-corrected chi connectivity index (χ4v) is 2.04. The molecule has 5 nitrogen and oxygen atoms in total. The topological polar surface area (TPSA) is 63.2 Å². The number of carbonyl (C=O) groups is 1. The summed E-state index contributed by atoms with van der Waals surface area (Å²) in [7, 11) is 3.26. The molecule has 1 aromatic carbocycles. The molecule has 2 N–H and O–H groups in total. The summed E-state index contributed by atoms with van der Waals surface area (Å²) in [4.78, 5) is 15.6. The average molecular weight is 285 g/mol. The van der Waals surface area contributed by atoms with Crippen molar-refractivity contribution in [1.29, 1.82) is 0 Å². The lowest BCUT2D eigenvalue weighted by Gasteiger charge is -2.10. The number of carbonyl (C=O) groups excluding carboxylic acids is 1. The van der Waals surface area contributed by atoms with Crippen molar-refractivity contribution in [3.63, 3.8) is 0 Å². The summed E-state index contributed by atoms with van der Waals surface area (Å²) in [5.74, 6) is 0.698. The van der Waals surface area contributed by atoms with Crippen LogP contribution in [-0.4, -0.2) is 31.6 Å². The molecule has 2 rings (SSSR count). The van der Waals surface area contributed by atoms with Gasteiger partial charge >= 0.3 is 0 Å². The molecule has 1 aromatic heterocycles. The number of nitrogens with zero attached hydrogens (tertiary/aromatic N) is 1. The van der Waals surface area contributed by atoms with Crippen molar-refractivity contribution < 1.29 is 9.53 Å². The number of anilines is 1. The molecule has 0 unspecified atom stereocenters. The molecule has 0 aliphatic rings. The molecular formula is C16H19N3O2. The fourth-order valence-electron chi connectivity index (χ4n) is 2.04. The van der Waals surface area contributed by atoms with Crippen LogP contribution in [0.25, 0.3) is 0 Å². The Balaban J connectivity index is 1.96. The van der Waals surface area contributed by atoms with E-state index in [0.29, 0.717) is 5.69 Å². The van der Waals surface area contributed by atoms with E-state index in [2.05, 4.69) is 15.6 Å². The number of aromatic nitrogens is 1. The maximum Gasteiger partial charge on any atom is 0.269 e. The second-order valence-electron chi connectivity index (χ2n) is 4.50. The van der Waals surface area contributed by atoms with Gasteiger partial charge in [-0.25, -0.2) is 0 Å². The van der Waals surface area contributed by atoms with Crippen LogP contribution in [0.3, 0.4) is 0 Å². The summed E-state index contributed by atoms with van der Waals surface area (Å²) >= 11 is 0. The monoisotopic (exact) mass is 285 g/mol. The van der Waals surface area contributed by atoms with E-state index in [-0.39, 0.29) is 5.91 Å². The molecule has 0 saturated heterocycles. The molecule has 5 heteroatoms. The highest BCUT2D eigenvalue weighted by atomic mass is 16.5. The third kappa shape index (κ3) is 3.95. The highest BCUT2D eigenvalue weighted by molar-refractivity contribution is 5.92. The van der Waals surface area contributed by atoms with Gasteiger partial charge in [0.05, 0.1) is 7.11 Å². The highest BCUT2D eigenvalue weighted by Crippen LogP contribution is 2.18. The van der Waals surface area contributed by atoms with Gasteiger partial charge in [0.25, 0.3) is 5.91 Å². The molecule has 0 radical (unpaired) electrons. The molecule has 1 amide bonds. The molecule has 21 heavy (non-hydrogen) atoms. The lowest BCUT2D eigenvalue weighted by Crippen LogP contribution is -2.19. The van der Waals surface area contributed by atoms with Crippen molar-refractivity contribution in [3.8, 4) is 5.75 Å². The Morgan fingerprint density at radius 1 is 1.29 bits per heavy atom. The minimum Gasteiger partial charge on any atom is -0.496 e. The van der Waals surface area contributed by atoms with Crippen molar-refractivity contribution in [2.45, 2.75) is 6.42 Å². The summed E-state index contributed by atoms with van der Waals surface area (Å²) in [5, 5.41) is 5.85. The molecule has 0 aliphatic heterocycles. The molecular weight excluding hydrogens is 266 g/mol. The Morgan fingerprint density at radius 3 is 2.86 bits per heavy atom. The third-order valence-corrected chi connectivity index (χ3v) is 3.14. The minimum atomic E-state index is -0.191. The lowest BCUT2D eigenvalue weighted by molar-refractivity contribution is 0.0958. The number of pyridine rings is 1. The van der Waals surface area contributed by atoms with Gasteiger partial charge in [0.1, 0.15) is 11.4 Å². The summed E-state index contributed by atoms with van der Waals surface area (Å²) < 4.78 is 5.32. The zero-order chi connectivity index (χ0) is 15.1. The van der Waals surface area contributed by atoms with Crippen LogP contribution in [-0.2, 0) is 6.42 Å². The van der Waals surface area contributed by atoms with Gasteiger partial charge < -0.3 is 15.4 Å². The molecule has 0 saturated carbocycles. The first-order chi connectivity index (χ1) is 10.2. The van der Waals surface area contributed by atoms with Gasteiger partial charge in [-0.1, -0.05) is 18.2 Å². The van der Waals surface area contributed by atoms with Crippen LogP contribution < -0.4 is 15.4 Å². The van der Waals surface area contributed by atoms with Gasteiger partial charge in [-0.05, 0) is 30.2 Å². The number of para-hydroxylation sites is 1. The van der Waals surface area contributed by atoms with Gasteiger partial charge in [-0.3, -0.25) is 9.78 Å². The van der Waals surface area contributed by atoms with Crippen molar-refractivity contribution in [2.24, 2.45) is 0 Å². The Hall–Kier alpha value is -2.56. The Morgan fingerprint density at radius 2 is 2.10 bits per heavy atom. The zero-order valence-corrected chi connectivity index (χ0v) is 12.2. The quantitative estimate of drug-likeness (QED) is 0.853. The van der Waals surface area contributed by atoms with Crippen LogP contribution in [0.1, 0.15) is 16.1 Å². The van der Waals surface area contributed by atoms with E-state index < -0.39 is 0 Å². The van der Waals surface area contributed by atoms with Gasteiger partial charge in [0.15, 0.2) is 0 Å². The highest BCUT2D eigenvalue weighted by Gasteiger charge is 2.05. The Labute approximate surface area is 124 Å². The van der Waals surface area contributed by atoms with Crippen LogP contribution >= 0.6 is 0 Å². The maximum atomic E-state index is 11.5. The normalized spacial score (nSPS) is 10.0. The van der Waals surface area contributed by atoms with E-state index in [1.54, 1.807) is 26.4 Å². The van der Waals surface area contributed by atoms with Crippen molar-refractivity contribution in [2.75, 3.05) is 26.0 Å². The second kappa shape index (κ2) is 7.28. The predicted octanol–water partition coefficient (Wildman–Crippen LogP) is 2.10. The standard InChI is InChI=1S/C16H19N3O2/c1-17-16(20)14-11-13(8-10-19-14)18-9-7-12-5-3-4-6-15(12)21-2/h3-6,8,10-11H,7,9H2,1-2H3,(H,17,20)(H,18,19). The summed E-state index contributed by atoms with van der Waals surface area (Å²) in [5.41, 5.74) is 2.42. The molecule has 0 atom stereocenters. The fraction of sp³-hybridized carbons (Fsp3) is 0.250. The molecule has 0 bridgehead atoms. The smallest absolute Gasteiger partial charge is 0.269 e. The number of benzene rings is 1. The zero-order valence-electron chi connectivity index (χ0n) is 12.2. The van der Waals surface area contributed by atoms with Crippen LogP contribution in [0.2, 0.25) is 0 Å². The number of amides is 1. The first-order valence-corrected chi connectivity index (χ1v) is 6.78. The number of methoxy groups -OCH3 is 1. The summed E-state index contributed by atoms with van der Waals surface area (Å²) in [6.07, 6.45) is 2.46. The summed E-state index contributed by atoms with van der Waals surface area (Å²) in [6.45, 7) is 0.748. The molecule has 0 aliphatic carbocycles. The van der Waals surface area contributed by atoms with E-state index in [4.69, 9.17) is 4.74 Å². The molecule has 0 fully saturated rings. The summed E-state index contributed by atoms with van der Waals surface area (Å²) in [6, 6.07) is 11.5. The number of hydrogen-bond acceptors (Lipinski definition) is 4. The van der Waals surface area contributed by atoms with E-state index in [1.807, 2.05) is 30.3 Å². The second-order valence-corrected chi connectivity index (χ2v) is 4.50. The van der Waals surface area contributed by atoms with E-state index in [0.717, 1.165) is 30.0 Å². The number of hydrogen-bond donors (Lipinski definition) is 2. The number of ether oxygens (including phenoxy) is 1. The Kier molecular flexibility index (Phi) is 5.15. The Bertz CT molecular complexity index is 614. The van der Waals surface area contributed by atoms with E-state index in [1.165, 1.54) is 0 Å². The number of rotatable bonds is 6. The maximum absolute atomic E-state index is 11.5. The third-order valence-electron chi connectivity index (χ3n) is 3.14. The minimum absolute atomic E-state index is 0.191. The molecule has 1 heterocycles. The van der Waals surface area contributed by atoms with E-state index >= 15 is 0 Å². The van der Waals surface area contributed by atoms with Crippen LogP contribution in [0.5, 0.6) is 5.75 Å². The van der Waals surface area contributed by atoms with Crippen molar-refractivity contribution >= 4 is 11.6 Å². The van der Waals surface area contributed by atoms with Crippen molar-refractivity contribution in [3.05, 3.63) is 53.9 Å². The SMILES string of the molecule is CNC(=O)c1cc(NCCc2ccccc2OC)ccn1. The van der Waals surface area contributed by atoms with Gasteiger partial charge in [0, 0.05) is 25.5 Å². The molecule has 2 aromatic rings. The average Bonchev–Trinajstić information content (AvgIpc) is 2.55. The lowest BCUT2D eigenvalue weighted by atomic mass is 10.1. The van der Waals surface area contributed by atoms with Gasteiger partial charge in [-0.15, -0.1) is 0 Å². The van der Waals surface area contributed by atoms with Crippen LogP contribution in [0.15, 0.2) is 42.6 Å². The van der Waals surface area contributed by atoms with E-state index in [9.17, 15) is 4.79 Å². The number of nitrogens with one attached hydrogen (secondary N) is 2. The van der Waals surface area contributed by atoms with Gasteiger partial charge in [-0.2, -0.15) is 0 Å². The first kappa shape index (κ1) is 14.8. The molecule has 110 valence electrons. The van der Waals surface area contributed by atoms with Crippen LogP contribution in [0, 0.1) is 0 Å². The van der Waals surface area contributed by atoms with Gasteiger partial charge in [0.2, 0.25) is 0 Å².